The Kier molecular flexibility index (Phi) is 6.72. The largest absolute Gasteiger partial charge is 0.316 e. The summed E-state index contributed by atoms with van der Waals surface area (Å²) < 4.78 is 1.16. The maximum absolute atomic E-state index is 3.55. The molecule has 1 N–H and O–H groups in total. The van der Waals surface area contributed by atoms with Crippen LogP contribution in [-0.4, -0.2) is 30.6 Å². The minimum absolute atomic E-state index is 0.528. The number of hydrogen-bond acceptors (Lipinski definition) is 2. The van der Waals surface area contributed by atoms with E-state index in [0.29, 0.717) is 12.1 Å². The zero-order valence-corrected chi connectivity index (χ0v) is 15.2. The fourth-order valence-electron chi connectivity index (χ4n) is 3.42. The highest BCUT2D eigenvalue weighted by Gasteiger charge is 2.25. The Hall–Kier alpha value is -0.380. The Bertz CT molecular complexity index is 410. The van der Waals surface area contributed by atoms with Gasteiger partial charge < -0.3 is 5.32 Å². The molecule has 1 aromatic carbocycles. The molecule has 2 unspecified atom stereocenters. The summed E-state index contributed by atoms with van der Waals surface area (Å²) in [5.41, 5.74) is 1.44. The van der Waals surface area contributed by atoms with Crippen LogP contribution in [0.4, 0.5) is 0 Å². The topological polar surface area (TPSA) is 15.3 Å². The summed E-state index contributed by atoms with van der Waals surface area (Å²) in [7, 11) is 0. The molecule has 2 atom stereocenters. The van der Waals surface area contributed by atoms with Crippen LogP contribution in [0.2, 0.25) is 0 Å². The molecule has 0 spiro atoms. The lowest BCUT2D eigenvalue weighted by molar-refractivity contribution is 0.114. The number of piperidine rings is 1. The van der Waals surface area contributed by atoms with Gasteiger partial charge in [0.25, 0.3) is 0 Å². The lowest BCUT2D eigenvalue weighted by Crippen LogP contribution is -2.42. The lowest BCUT2D eigenvalue weighted by atomic mass is 9.95. The second-order valence-electron chi connectivity index (χ2n) is 6.48. The Balaban J connectivity index is 2.11. The SMILES string of the molecule is CCC(c1ccc(Br)cc1)N(CC1CCCNC1)C(C)C. The van der Waals surface area contributed by atoms with E-state index in [1.807, 2.05) is 0 Å². The molecule has 0 bridgehead atoms. The minimum atomic E-state index is 0.528. The summed E-state index contributed by atoms with van der Waals surface area (Å²) >= 11 is 3.54. The third-order valence-corrected chi connectivity index (χ3v) is 5.10. The fraction of sp³-hybridized carbons (Fsp3) is 0.667. The van der Waals surface area contributed by atoms with Crippen LogP contribution in [0.3, 0.4) is 0 Å². The number of rotatable bonds is 6. The molecule has 0 amide bonds. The average molecular weight is 353 g/mol. The number of nitrogens with zero attached hydrogens (tertiary/aromatic N) is 1. The third kappa shape index (κ3) is 4.80. The normalized spacial score (nSPS) is 21.0. The van der Waals surface area contributed by atoms with E-state index in [0.717, 1.165) is 10.4 Å². The standard InChI is InChI=1S/C18H29BrN2/c1-4-18(16-7-9-17(19)10-8-16)21(14(2)3)13-15-6-5-11-20-12-15/h7-10,14-15,18,20H,4-6,11-13H2,1-3H3. The highest BCUT2D eigenvalue weighted by Crippen LogP contribution is 2.29. The fourth-order valence-corrected chi connectivity index (χ4v) is 3.69. The van der Waals surface area contributed by atoms with Gasteiger partial charge in [-0.25, -0.2) is 0 Å². The molecule has 118 valence electrons. The zero-order chi connectivity index (χ0) is 15.2. The van der Waals surface area contributed by atoms with Crippen molar-refractivity contribution in [3.8, 4) is 0 Å². The Morgan fingerprint density at radius 2 is 2.00 bits per heavy atom. The van der Waals surface area contributed by atoms with Crippen LogP contribution in [0.25, 0.3) is 0 Å². The molecule has 3 heteroatoms. The molecule has 21 heavy (non-hydrogen) atoms. The summed E-state index contributed by atoms with van der Waals surface area (Å²) in [4.78, 5) is 2.70. The van der Waals surface area contributed by atoms with E-state index in [4.69, 9.17) is 0 Å². The van der Waals surface area contributed by atoms with Crippen LogP contribution in [0.15, 0.2) is 28.7 Å². The van der Waals surface area contributed by atoms with Crippen molar-refractivity contribution in [3.63, 3.8) is 0 Å². The molecule has 0 aliphatic carbocycles. The van der Waals surface area contributed by atoms with Crippen molar-refractivity contribution in [2.75, 3.05) is 19.6 Å². The summed E-state index contributed by atoms with van der Waals surface area (Å²) in [5, 5.41) is 3.55. The number of benzene rings is 1. The molecule has 1 aliphatic rings. The molecule has 1 heterocycles. The third-order valence-electron chi connectivity index (χ3n) is 4.57. The van der Waals surface area contributed by atoms with Gasteiger partial charge in [-0.1, -0.05) is 35.0 Å². The van der Waals surface area contributed by atoms with Crippen molar-refractivity contribution >= 4 is 15.9 Å². The highest BCUT2D eigenvalue weighted by molar-refractivity contribution is 9.10. The van der Waals surface area contributed by atoms with Crippen LogP contribution in [-0.2, 0) is 0 Å². The predicted molar refractivity (Wildman–Crippen MR) is 94.6 cm³/mol. The summed E-state index contributed by atoms with van der Waals surface area (Å²) in [5.74, 6) is 0.797. The molecule has 0 radical (unpaired) electrons. The van der Waals surface area contributed by atoms with E-state index in [2.05, 4.69) is 71.2 Å². The molecular weight excluding hydrogens is 324 g/mol. The quantitative estimate of drug-likeness (QED) is 0.803. The number of nitrogens with one attached hydrogen (secondary N) is 1. The molecule has 0 aromatic heterocycles. The van der Waals surface area contributed by atoms with Gasteiger partial charge in [-0.05, 0) is 69.8 Å². The first kappa shape index (κ1) is 17.0. The maximum Gasteiger partial charge on any atom is 0.0348 e. The van der Waals surface area contributed by atoms with Crippen LogP contribution < -0.4 is 5.32 Å². The first-order valence-electron chi connectivity index (χ1n) is 8.33. The highest BCUT2D eigenvalue weighted by atomic mass is 79.9. The summed E-state index contributed by atoms with van der Waals surface area (Å²) in [6.07, 6.45) is 3.86. The van der Waals surface area contributed by atoms with E-state index in [1.165, 1.54) is 44.5 Å². The first-order valence-corrected chi connectivity index (χ1v) is 9.13. The van der Waals surface area contributed by atoms with Gasteiger partial charge >= 0.3 is 0 Å². The minimum Gasteiger partial charge on any atom is -0.316 e. The summed E-state index contributed by atoms with van der Waals surface area (Å²) in [6.45, 7) is 10.6. The van der Waals surface area contributed by atoms with Gasteiger partial charge in [0.15, 0.2) is 0 Å². The van der Waals surface area contributed by atoms with Crippen molar-refractivity contribution in [2.45, 2.75) is 52.1 Å². The molecule has 2 rings (SSSR count). The van der Waals surface area contributed by atoms with Crippen molar-refractivity contribution in [1.82, 2.24) is 10.2 Å². The molecule has 1 saturated heterocycles. The van der Waals surface area contributed by atoms with E-state index in [-0.39, 0.29) is 0 Å². The zero-order valence-electron chi connectivity index (χ0n) is 13.6. The second kappa shape index (κ2) is 8.30. The monoisotopic (exact) mass is 352 g/mol. The Labute approximate surface area is 138 Å². The van der Waals surface area contributed by atoms with Gasteiger partial charge in [-0.2, -0.15) is 0 Å². The predicted octanol–water partition coefficient (Wildman–Crippen LogP) is 4.61. The molecule has 2 nitrogen and oxygen atoms in total. The van der Waals surface area contributed by atoms with E-state index >= 15 is 0 Å². The Morgan fingerprint density at radius 1 is 1.29 bits per heavy atom. The first-order chi connectivity index (χ1) is 10.1. The van der Waals surface area contributed by atoms with Gasteiger partial charge in [-0.15, -0.1) is 0 Å². The molecule has 0 saturated carbocycles. The smallest absolute Gasteiger partial charge is 0.0348 e. The van der Waals surface area contributed by atoms with E-state index < -0.39 is 0 Å². The van der Waals surface area contributed by atoms with Crippen LogP contribution in [0, 0.1) is 5.92 Å². The molecule has 1 aliphatic heterocycles. The van der Waals surface area contributed by atoms with Crippen molar-refractivity contribution < 1.29 is 0 Å². The van der Waals surface area contributed by atoms with Gasteiger partial charge in [0.1, 0.15) is 0 Å². The van der Waals surface area contributed by atoms with Gasteiger partial charge in [0.05, 0.1) is 0 Å². The number of hydrogen-bond donors (Lipinski definition) is 1. The summed E-state index contributed by atoms with van der Waals surface area (Å²) in [6, 6.07) is 9.98. The van der Waals surface area contributed by atoms with Crippen molar-refractivity contribution in [2.24, 2.45) is 5.92 Å². The second-order valence-corrected chi connectivity index (χ2v) is 7.39. The average Bonchev–Trinajstić information content (AvgIpc) is 2.49. The maximum atomic E-state index is 3.55. The van der Waals surface area contributed by atoms with Crippen LogP contribution in [0.1, 0.15) is 51.6 Å². The van der Waals surface area contributed by atoms with E-state index in [9.17, 15) is 0 Å². The van der Waals surface area contributed by atoms with Gasteiger partial charge in [0.2, 0.25) is 0 Å². The molecular formula is C18H29BrN2. The van der Waals surface area contributed by atoms with Crippen LogP contribution in [0.5, 0.6) is 0 Å². The van der Waals surface area contributed by atoms with Crippen molar-refractivity contribution in [3.05, 3.63) is 34.3 Å². The van der Waals surface area contributed by atoms with E-state index in [1.54, 1.807) is 0 Å². The lowest BCUT2D eigenvalue weighted by Gasteiger charge is -2.38. The number of halogens is 1. The molecule has 1 aromatic rings. The Morgan fingerprint density at radius 3 is 2.52 bits per heavy atom. The van der Waals surface area contributed by atoms with Crippen LogP contribution >= 0.6 is 15.9 Å². The van der Waals surface area contributed by atoms with Gasteiger partial charge in [0, 0.05) is 23.1 Å². The van der Waals surface area contributed by atoms with Gasteiger partial charge in [-0.3, -0.25) is 4.90 Å². The molecule has 1 fully saturated rings. The van der Waals surface area contributed by atoms with Crippen molar-refractivity contribution in [1.29, 1.82) is 0 Å².